The number of hydrogen-bond acceptors (Lipinski definition) is 5. The first kappa shape index (κ1) is 32.6. The molecule has 0 amide bonds. The molecular formula is C34H51BrN2O3. The molecule has 222 valence electrons. The van der Waals surface area contributed by atoms with Crippen LogP contribution < -0.4 is 9.47 Å². The number of benzene rings is 2. The van der Waals surface area contributed by atoms with Gasteiger partial charge in [0.2, 0.25) is 0 Å². The molecule has 2 aromatic carbocycles. The Balaban J connectivity index is 0.000000336. The minimum atomic E-state index is 0.264. The molecule has 0 aromatic heterocycles. The number of unbranched alkanes of at least 4 members (excludes halogenated alkanes) is 2. The fourth-order valence-electron chi connectivity index (χ4n) is 5.28. The largest absolute Gasteiger partial charge is 0.494 e. The number of piperidine rings is 2. The van der Waals surface area contributed by atoms with Crippen LogP contribution in [0, 0.1) is 0 Å². The fourth-order valence-corrected chi connectivity index (χ4v) is 5.51. The molecule has 0 bridgehead atoms. The molecule has 5 nitrogen and oxygen atoms in total. The third-order valence-electron chi connectivity index (χ3n) is 7.63. The van der Waals surface area contributed by atoms with Crippen molar-refractivity contribution in [1.29, 1.82) is 0 Å². The van der Waals surface area contributed by atoms with Gasteiger partial charge < -0.3 is 19.3 Å². The van der Waals surface area contributed by atoms with Crippen molar-refractivity contribution in [2.24, 2.45) is 0 Å². The molecule has 0 radical (unpaired) electrons. The van der Waals surface area contributed by atoms with Crippen LogP contribution in [0.4, 0.5) is 0 Å². The lowest BCUT2D eigenvalue weighted by Gasteiger charge is -2.26. The Labute approximate surface area is 251 Å². The Morgan fingerprint density at radius 2 is 1.18 bits per heavy atom. The minimum Gasteiger partial charge on any atom is -0.494 e. The smallest absolute Gasteiger partial charge is 0.162 e. The van der Waals surface area contributed by atoms with E-state index in [-0.39, 0.29) is 5.78 Å². The summed E-state index contributed by atoms with van der Waals surface area (Å²) in [5.41, 5.74) is 0.821. The number of Topliss-reactive ketones (excluding diaryl/α,β-unsaturated/α-hetero) is 1. The first-order valence-corrected chi connectivity index (χ1v) is 16.8. The van der Waals surface area contributed by atoms with Gasteiger partial charge in [-0.3, -0.25) is 4.79 Å². The van der Waals surface area contributed by atoms with Crippen molar-refractivity contribution >= 4 is 21.7 Å². The quantitative estimate of drug-likeness (QED) is 0.109. The van der Waals surface area contributed by atoms with Crippen LogP contribution in [0.2, 0.25) is 0 Å². The molecule has 0 atom stereocenters. The molecule has 0 spiro atoms. The molecule has 4 rings (SSSR count). The average molecular weight is 616 g/mol. The molecule has 0 aliphatic carbocycles. The van der Waals surface area contributed by atoms with E-state index < -0.39 is 0 Å². The lowest BCUT2D eigenvalue weighted by Crippen LogP contribution is -2.31. The van der Waals surface area contributed by atoms with Crippen LogP contribution in [0.3, 0.4) is 0 Å². The molecular weight excluding hydrogens is 564 g/mol. The summed E-state index contributed by atoms with van der Waals surface area (Å²) >= 11 is 3.34. The van der Waals surface area contributed by atoms with Crippen molar-refractivity contribution in [3.05, 3.63) is 60.2 Å². The van der Waals surface area contributed by atoms with Crippen molar-refractivity contribution in [2.45, 2.75) is 77.0 Å². The number of hydrogen-bond donors (Lipinski definition) is 0. The van der Waals surface area contributed by atoms with Gasteiger partial charge >= 0.3 is 0 Å². The second kappa shape index (κ2) is 20.9. The number of para-hydroxylation sites is 1. The zero-order chi connectivity index (χ0) is 28.1. The van der Waals surface area contributed by atoms with E-state index in [4.69, 9.17) is 9.47 Å². The van der Waals surface area contributed by atoms with Gasteiger partial charge in [0.15, 0.2) is 5.78 Å². The van der Waals surface area contributed by atoms with Crippen LogP contribution in [0.1, 0.15) is 87.4 Å². The highest BCUT2D eigenvalue weighted by molar-refractivity contribution is 9.09. The van der Waals surface area contributed by atoms with Gasteiger partial charge in [-0.15, -0.1) is 0 Å². The number of likely N-dealkylation sites (tertiary alicyclic amines) is 2. The van der Waals surface area contributed by atoms with Crippen LogP contribution in [-0.2, 0) is 0 Å². The maximum Gasteiger partial charge on any atom is 0.162 e. The van der Waals surface area contributed by atoms with Crippen LogP contribution in [0.15, 0.2) is 54.6 Å². The van der Waals surface area contributed by atoms with E-state index in [0.29, 0.717) is 6.42 Å². The van der Waals surface area contributed by atoms with Crippen molar-refractivity contribution in [2.75, 3.05) is 57.8 Å². The third-order valence-corrected chi connectivity index (χ3v) is 8.19. The predicted molar refractivity (Wildman–Crippen MR) is 170 cm³/mol. The number of ketones is 1. The Kier molecular flexibility index (Phi) is 17.1. The first-order valence-electron chi connectivity index (χ1n) is 15.7. The van der Waals surface area contributed by atoms with Crippen LogP contribution >= 0.6 is 15.9 Å². The summed E-state index contributed by atoms with van der Waals surface area (Å²) in [5.74, 6) is 2.09. The number of rotatable bonds is 16. The topological polar surface area (TPSA) is 42.0 Å². The molecule has 2 fully saturated rings. The van der Waals surface area contributed by atoms with Crippen molar-refractivity contribution in [3.8, 4) is 11.5 Å². The van der Waals surface area contributed by atoms with E-state index >= 15 is 0 Å². The van der Waals surface area contributed by atoms with Gasteiger partial charge in [0.25, 0.3) is 0 Å². The number of carbonyl (C=O) groups is 1. The molecule has 6 heteroatoms. The number of halogens is 1. The second-order valence-corrected chi connectivity index (χ2v) is 11.8. The van der Waals surface area contributed by atoms with Gasteiger partial charge in [0.1, 0.15) is 11.5 Å². The summed E-state index contributed by atoms with van der Waals surface area (Å²) in [7, 11) is 0. The van der Waals surface area contributed by atoms with E-state index in [1.54, 1.807) is 0 Å². The minimum absolute atomic E-state index is 0.264. The molecule has 2 aliphatic rings. The SMILES string of the molecule is BrCCCOc1ccccc1.O=C(CCCCCN1CCCCC1)c1ccc(OCCCN2CCCCC2)cc1. The van der Waals surface area contributed by atoms with Crippen molar-refractivity contribution in [3.63, 3.8) is 0 Å². The lowest BCUT2D eigenvalue weighted by atomic mass is 10.0. The van der Waals surface area contributed by atoms with E-state index in [2.05, 4.69) is 25.7 Å². The van der Waals surface area contributed by atoms with Gasteiger partial charge in [-0.1, -0.05) is 53.4 Å². The highest BCUT2D eigenvalue weighted by Gasteiger charge is 2.11. The molecule has 0 N–H and O–H groups in total. The molecule has 0 saturated carbocycles. The molecule has 0 unspecified atom stereocenters. The Morgan fingerprint density at radius 3 is 1.77 bits per heavy atom. The molecule has 40 heavy (non-hydrogen) atoms. The van der Waals surface area contributed by atoms with E-state index in [9.17, 15) is 4.79 Å². The standard InChI is InChI=1S/C25H40N2O2.C9H11BrO/c28-25(11-4-1-5-16-26-17-6-2-7-18-26)23-12-14-24(15-13-23)29-22-10-21-27-19-8-3-9-20-27;10-7-4-8-11-9-5-2-1-3-6-9/h12-15H,1-11,16-22H2;1-3,5-6H,4,7-8H2. The number of carbonyl (C=O) groups excluding carboxylic acids is 1. The van der Waals surface area contributed by atoms with Gasteiger partial charge in [-0.2, -0.15) is 0 Å². The highest BCUT2D eigenvalue weighted by atomic mass is 79.9. The number of ether oxygens (including phenoxy) is 2. The maximum absolute atomic E-state index is 12.4. The summed E-state index contributed by atoms with van der Waals surface area (Å²) in [6.07, 6.45) is 14.3. The summed E-state index contributed by atoms with van der Waals surface area (Å²) in [5, 5.41) is 1.000. The average Bonchev–Trinajstić information content (AvgIpc) is 3.01. The third kappa shape index (κ3) is 14.1. The normalized spacial score (nSPS) is 16.1. The Hall–Kier alpha value is -1.89. The van der Waals surface area contributed by atoms with Crippen molar-refractivity contribution < 1.29 is 14.3 Å². The van der Waals surface area contributed by atoms with Gasteiger partial charge in [-0.25, -0.2) is 0 Å². The maximum atomic E-state index is 12.4. The van der Waals surface area contributed by atoms with E-state index in [1.165, 1.54) is 77.7 Å². The molecule has 2 heterocycles. The number of nitrogens with zero attached hydrogens (tertiary/aromatic N) is 2. The Bertz CT molecular complexity index is 897. The van der Waals surface area contributed by atoms with E-state index in [0.717, 1.165) is 67.8 Å². The molecule has 2 aromatic rings. The number of alkyl halides is 1. The summed E-state index contributed by atoms with van der Waals surface area (Å²) in [4.78, 5) is 17.5. The summed E-state index contributed by atoms with van der Waals surface area (Å²) in [6, 6.07) is 17.6. The molecule has 2 saturated heterocycles. The monoisotopic (exact) mass is 614 g/mol. The van der Waals surface area contributed by atoms with E-state index in [1.807, 2.05) is 54.6 Å². The zero-order valence-electron chi connectivity index (χ0n) is 24.5. The second-order valence-electron chi connectivity index (χ2n) is 11.0. The Morgan fingerprint density at radius 1 is 0.625 bits per heavy atom. The van der Waals surface area contributed by atoms with Crippen molar-refractivity contribution in [1.82, 2.24) is 9.80 Å². The fraction of sp³-hybridized carbons (Fsp3) is 0.618. The lowest BCUT2D eigenvalue weighted by molar-refractivity contribution is 0.0978. The zero-order valence-corrected chi connectivity index (χ0v) is 26.1. The molecule has 2 aliphatic heterocycles. The summed E-state index contributed by atoms with van der Waals surface area (Å²) < 4.78 is 11.3. The van der Waals surface area contributed by atoms with Gasteiger partial charge in [-0.05, 0) is 120 Å². The van der Waals surface area contributed by atoms with Crippen LogP contribution in [-0.4, -0.2) is 73.4 Å². The van der Waals surface area contributed by atoms with Crippen LogP contribution in [0.5, 0.6) is 11.5 Å². The first-order chi connectivity index (χ1) is 19.7. The predicted octanol–water partition coefficient (Wildman–Crippen LogP) is 8.02. The highest BCUT2D eigenvalue weighted by Crippen LogP contribution is 2.16. The summed E-state index contributed by atoms with van der Waals surface area (Å²) in [6.45, 7) is 8.91. The van der Waals surface area contributed by atoms with Gasteiger partial charge in [0, 0.05) is 23.9 Å². The van der Waals surface area contributed by atoms with Crippen LogP contribution in [0.25, 0.3) is 0 Å². The van der Waals surface area contributed by atoms with Gasteiger partial charge in [0.05, 0.1) is 13.2 Å².